The SMILES string of the molecule is COc1cccc(C(O)COc2ccc(F)cc2CO)c1. The van der Waals surface area contributed by atoms with Gasteiger partial charge in [0.15, 0.2) is 0 Å². The molecule has 2 aromatic carbocycles. The first-order chi connectivity index (χ1) is 10.1. The van der Waals surface area contributed by atoms with Gasteiger partial charge in [-0.25, -0.2) is 4.39 Å². The molecule has 2 rings (SSSR count). The van der Waals surface area contributed by atoms with Gasteiger partial charge in [-0.3, -0.25) is 0 Å². The fourth-order valence-electron chi connectivity index (χ4n) is 1.93. The number of hydrogen-bond donors (Lipinski definition) is 2. The highest BCUT2D eigenvalue weighted by Crippen LogP contribution is 2.23. The van der Waals surface area contributed by atoms with Crippen molar-refractivity contribution in [1.29, 1.82) is 0 Å². The predicted molar refractivity (Wildman–Crippen MR) is 75.8 cm³/mol. The summed E-state index contributed by atoms with van der Waals surface area (Å²) in [5.41, 5.74) is 0.995. The molecule has 0 amide bonds. The summed E-state index contributed by atoms with van der Waals surface area (Å²) in [5, 5.41) is 19.3. The van der Waals surface area contributed by atoms with Crippen molar-refractivity contribution in [3.63, 3.8) is 0 Å². The van der Waals surface area contributed by atoms with Gasteiger partial charge in [-0.05, 0) is 35.9 Å². The smallest absolute Gasteiger partial charge is 0.125 e. The van der Waals surface area contributed by atoms with E-state index in [1.807, 2.05) is 0 Å². The lowest BCUT2D eigenvalue weighted by Crippen LogP contribution is -2.11. The topological polar surface area (TPSA) is 58.9 Å². The number of methoxy groups -OCH3 is 1. The molecular formula is C16H17FO4. The van der Waals surface area contributed by atoms with Crippen molar-refractivity contribution in [2.75, 3.05) is 13.7 Å². The maximum Gasteiger partial charge on any atom is 0.125 e. The van der Waals surface area contributed by atoms with Gasteiger partial charge in [0.2, 0.25) is 0 Å². The number of aliphatic hydroxyl groups excluding tert-OH is 2. The Morgan fingerprint density at radius 1 is 1.19 bits per heavy atom. The van der Waals surface area contributed by atoms with Gasteiger partial charge in [-0.15, -0.1) is 0 Å². The van der Waals surface area contributed by atoms with Crippen LogP contribution < -0.4 is 9.47 Å². The van der Waals surface area contributed by atoms with Gasteiger partial charge in [-0.2, -0.15) is 0 Å². The molecule has 0 saturated heterocycles. The normalized spacial score (nSPS) is 12.0. The lowest BCUT2D eigenvalue weighted by atomic mass is 10.1. The average molecular weight is 292 g/mol. The summed E-state index contributed by atoms with van der Waals surface area (Å²) in [6, 6.07) is 10.9. The van der Waals surface area contributed by atoms with Crippen LogP contribution in [0.1, 0.15) is 17.2 Å². The summed E-state index contributed by atoms with van der Waals surface area (Å²) < 4.78 is 23.6. The van der Waals surface area contributed by atoms with Gasteiger partial charge in [-0.1, -0.05) is 12.1 Å². The van der Waals surface area contributed by atoms with E-state index in [0.29, 0.717) is 22.6 Å². The zero-order valence-electron chi connectivity index (χ0n) is 11.6. The minimum absolute atomic E-state index is 0.00813. The van der Waals surface area contributed by atoms with Crippen LogP contribution in [0.2, 0.25) is 0 Å². The molecular weight excluding hydrogens is 275 g/mol. The molecule has 0 spiro atoms. The molecule has 1 unspecified atom stereocenters. The van der Waals surface area contributed by atoms with Crippen molar-refractivity contribution in [3.05, 3.63) is 59.4 Å². The van der Waals surface area contributed by atoms with Crippen LogP contribution >= 0.6 is 0 Å². The predicted octanol–water partition coefficient (Wildman–Crippen LogP) is 2.44. The lowest BCUT2D eigenvalue weighted by Gasteiger charge is -2.15. The highest BCUT2D eigenvalue weighted by Gasteiger charge is 2.11. The molecule has 5 heteroatoms. The van der Waals surface area contributed by atoms with E-state index in [2.05, 4.69) is 0 Å². The van der Waals surface area contributed by atoms with E-state index in [-0.39, 0.29) is 13.2 Å². The zero-order valence-corrected chi connectivity index (χ0v) is 11.6. The second-order valence-electron chi connectivity index (χ2n) is 4.51. The van der Waals surface area contributed by atoms with E-state index in [0.717, 1.165) is 0 Å². The molecule has 0 radical (unpaired) electrons. The van der Waals surface area contributed by atoms with Crippen molar-refractivity contribution in [1.82, 2.24) is 0 Å². The summed E-state index contributed by atoms with van der Waals surface area (Å²) in [6.45, 7) is -0.339. The minimum atomic E-state index is -0.850. The van der Waals surface area contributed by atoms with Crippen LogP contribution in [0.4, 0.5) is 4.39 Å². The largest absolute Gasteiger partial charge is 0.497 e. The molecule has 4 nitrogen and oxygen atoms in total. The zero-order chi connectivity index (χ0) is 15.2. The molecule has 0 heterocycles. The molecule has 21 heavy (non-hydrogen) atoms. The van der Waals surface area contributed by atoms with E-state index >= 15 is 0 Å². The Morgan fingerprint density at radius 3 is 2.71 bits per heavy atom. The van der Waals surface area contributed by atoms with E-state index in [4.69, 9.17) is 14.6 Å². The molecule has 0 fully saturated rings. The summed E-state index contributed by atoms with van der Waals surface area (Å²) in [7, 11) is 1.55. The van der Waals surface area contributed by atoms with Gasteiger partial charge >= 0.3 is 0 Å². The first-order valence-corrected chi connectivity index (χ1v) is 6.48. The third-order valence-electron chi connectivity index (χ3n) is 3.07. The van der Waals surface area contributed by atoms with Gasteiger partial charge in [0.1, 0.15) is 30.0 Å². The molecule has 2 aromatic rings. The number of aliphatic hydroxyl groups is 2. The summed E-state index contributed by atoms with van der Waals surface area (Å²) in [5.74, 6) is 0.546. The van der Waals surface area contributed by atoms with E-state index in [9.17, 15) is 9.50 Å². The molecule has 0 aliphatic carbocycles. The summed E-state index contributed by atoms with van der Waals surface area (Å²) >= 11 is 0. The Bertz CT molecular complexity index is 601. The van der Waals surface area contributed by atoms with Crippen LogP contribution in [0.5, 0.6) is 11.5 Å². The molecule has 1 atom stereocenters. The Labute approximate surface area is 122 Å². The summed E-state index contributed by atoms with van der Waals surface area (Å²) in [6.07, 6.45) is -0.850. The molecule has 0 aromatic heterocycles. The van der Waals surface area contributed by atoms with Crippen LogP contribution in [-0.2, 0) is 6.61 Å². The molecule has 0 aliphatic heterocycles. The van der Waals surface area contributed by atoms with Crippen molar-refractivity contribution in [2.45, 2.75) is 12.7 Å². The third kappa shape index (κ3) is 3.93. The van der Waals surface area contributed by atoms with Crippen molar-refractivity contribution >= 4 is 0 Å². The van der Waals surface area contributed by atoms with Crippen LogP contribution in [0.15, 0.2) is 42.5 Å². The lowest BCUT2D eigenvalue weighted by molar-refractivity contribution is 0.106. The standard InChI is InChI=1S/C16H17FO4/c1-20-14-4-2-3-11(8-14)15(19)10-21-16-6-5-13(17)7-12(16)9-18/h2-8,15,18-19H,9-10H2,1H3. The molecule has 0 aliphatic rings. The Kier molecular flexibility index (Phi) is 5.14. The average Bonchev–Trinajstić information content (AvgIpc) is 2.53. The minimum Gasteiger partial charge on any atom is -0.497 e. The molecule has 2 N–H and O–H groups in total. The Hall–Kier alpha value is -2.11. The van der Waals surface area contributed by atoms with Gasteiger partial charge in [0.05, 0.1) is 13.7 Å². The van der Waals surface area contributed by atoms with Crippen LogP contribution in [0.25, 0.3) is 0 Å². The quantitative estimate of drug-likeness (QED) is 0.858. The van der Waals surface area contributed by atoms with E-state index in [1.165, 1.54) is 18.2 Å². The highest BCUT2D eigenvalue weighted by atomic mass is 19.1. The van der Waals surface area contributed by atoms with Crippen molar-refractivity contribution < 1.29 is 24.1 Å². The molecule has 112 valence electrons. The number of benzene rings is 2. The van der Waals surface area contributed by atoms with E-state index < -0.39 is 11.9 Å². The second-order valence-corrected chi connectivity index (χ2v) is 4.51. The fourth-order valence-corrected chi connectivity index (χ4v) is 1.93. The van der Waals surface area contributed by atoms with E-state index in [1.54, 1.807) is 31.4 Å². The maximum atomic E-state index is 13.1. The Morgan fingerprint density at radius 2 is 2.00 bits per heavy atom. The summed E-state index contributed by atoms with van der Waals surface area (Å²) in [4.78, 5) is 0. The number of hydrogen-bond acceptors (Lipinski definition) is 4. The number of ether oxygens (including phenoxy) is 2. The number of rotatable bonds is 6. The first-order valence-electron chi connectivity index (χ1n) is 6.48. The highest BCUT2D eigenvalue weighted by molar-refractivity contribution is 5.34. The Balaban J connectivity index is 2.05. The fraction of sp³-hybridized carbons (Fsp3) is 0.250. The van der Waals surface area contributed by atoms with Crippen LogP contribution in [0.3, 0.4) is 0 Å². The molecule has 0 bridgehead atoms. The van der Waals surface area contributed by atoms with Crippen LogP contribution in [0, 0.1) is 5.82 Å². The monoisotopic (exact) mass is 292 g/mol. The van der Waals surface area contributed by atoms with Crippen molar-refractivity contribution in [3.8, 4) is 11.5 Å². The van der Waals surface area contributed by atoms with Gasteiger partial charge in [0.25, 0.3) is 0 Å². The maximum absolute atomic E-state index is 13.1. The van der Waals surface area contributed by atoms with Crippen LogP contribution in [-0.4, -0.2) is 23.9 Å². The third-order valence-corrected chi connectivity index (χ3v) is 3.07. The van der Waals surface area contributed by atoms with Crippen molar-refractivity contribution in [2.24, 2.45) is 0 Å². The second kappa shape index (κ2) is 7.06. The van der Waals surface area contributed by atoms with Gasteiger partial charge in [0, 0.05) is 5.56 Å². The number of halogens is 1. The molecule has 0 saturated carbocycles. The van der Waals surface area contributed by atoms with Gasteiger partial charge < -0.3 is 19.7 Å². The first kappa shape index (κ1) is 15.3.